The SMILES string of the molecule is CC[C@H](C)c1ccc(C(=O)COC(=O)c2ccc(-c3ccc([N+](=O)[O-])cc3)o2)cc1. The lowest BCUT2D eigenvalue weighted by Gasteiger charge is -2.09. The van der Waals surface area contributed by atoms with E-state index in [0.717, 1.165) is 12.0 Å². The molecule has 154 valence electrons. The number of furan rings is 1. The largest absolute Gasteiger partial charge is 0.451 e. The molecular weight excluding hydrogens is 386 g/mol. The number of hydrogen-bond donors (Lipinski definition) is 0. The van der Waals surface area contributed by atoms with Crippen LogP contribution in [0.1, 0.15) is 52.7 Å². The van der Waals surface area contributed by atoms with Crippen LogP contribution in [0.25, 0.3) is 11.3 Å². The third kappa shape index (κ3) is 4.81. The van der Waals surface area contributed by atoms with Gasteiger partial charge in [0.1, 0.15) is 5.76 Å². The molecule has 0 saturated heterocycles. The van der Waals surface area contributed by atoms with Gasteiger partial charge in [-0.3, -0.25) is 14.9 Å². The Hall–Kier alpha value is -3.74. The standard InChI is InChI=1S/C23H21NO6/c1-3-15(2)16-4-6-17(7-5-16)20(25)14-29-23(26)22-13-12-21(30-22)18-8-10-19(11-9-18)24(27)28/h4-13,15H,3,14H2,1-2H3/t15-/m0/s1. The normalized spacial score (nSPS) is 11.7. The van der Waals surface area contributed by atoms with Gasteiger partial charge in [-0.25, -0.2) is 4.79 Å². The van der Waals surface area contributed by atoms with Crippen LogP contribution in [0.5, 0.6) is 0 Å². The number of ketones is 1. The summed E-state index contributed by atoms with van der Waals surface area (Å²) in [6.07, 6.45) is 1.01. The molecule has 0 unspecified atom stereocenters. The van der Waals surface area contributed by atoms with Gasteiger partial charge in [0, 0.05) is 23.3 Å². The van der Waals surface area contributed by atoms with Gasteiger partial charge >= 0.3 is 5.97 Å². The van der Waals surface area contributed by atoms with Crippen molar-refractivity contribution < 1.29 is 23.7 Å². The summed E-state index contributed by atoms with van der Waals surface area (Å²) in [5.74, 6) is -0.336. The van der Waals surface area contributed by atoms with E-state index in [9.17, 15) is 19.7 Å². The first kappa shape index (κ1) is 21.0. The zero-order valence-corrected chi connectivity index (χ0v) is 16.7. The number of non-ortho nitro benzene ring substituents is 1. The first-order valence-electron chi connectivity index (χ1n) is 9.54. The minimum Gasteiger partial charge on any atom is -0.451 e. The summed E-state index contributed by atoms with van der Waals surface area (Å²) in [7, 11) is 0. The Bertz CT molecular complexity index is 1050. The summed E-state index contributed by atoms with van der Waals surface area (Å²) < 4.78 is 10.5. The first-order chi connectivity index (χ1) is 14.4. The Morgan fingerprint density at radius 2 is 1.70 bits per heavy atom. The van der Waals surface area contributed by atoms with E-state index in [4.69, 9.17) is 9.15 Å². The number of nitro groups is 1. The van der Waals surface area contributed by atoms with Crippen molar-refractivity contribution >= 4 is 17.4 Å². The molecule has 3 rings (SSSR count). The number of rotatable bonds is 8. The summed E-state index contributed by atoms with van der Waals surface area (Å²) in [5.41, 5.74) is 2.17. The van der Waals surface area contributed by atoms with E-state index in [0.29, 0.717) is 22.8 Å². The average Bonchev–Trinajstić information content (AvgIpc) is 3.27. The van der Waals surface area contributed by atoms with Crippen LogP contribution >= 0.6 is 0 Å². The molecule has 0 fully saturated rings. The zero-order chi connectivity index (χ0) is 21.7. The maximum Gasteiger partial charge on any atom is 0.374 e. The van der Waals surface area contributed by atoms with Crippen LogP contribution in [0.2, 0.25) is 0 Å². The average molecular weight is 407 g/mol. The molecule has 1 atom stereocenters. The van der Waals surface area contributed by atoms with Crippen molar-refractivity contribution in [3.63, 3.8) is 0 Å². The van der Waals surface area contributed by atoms with Crippen LogP contribution in [-0.4, -0.2) is 23.3 Å². The Morgan fingerprint density at radius 3 is 2.30 bits per heavy atom. The number of nitrogens with zero attached hydrogens (tertiary/aromatic N) is 1. The van der Waals surface area contributed by atoms with Gasteiger partial charge in [-0.05, 0) is 42.2 Å². The summed E-state index contributed by atoms with van der Waals surface area (Å²) in [5, 5.41) is 10.7. The monoisotopic (exact) mass is 407 g/mol. The van der Waals surface area contributed by atoms with Crippen molar-refractivity contribution in [2.75, 3.05) is 6.61 Å². The topological polar surface area (TPSA) is 99.7 Å². The number of carbonyl (C=O) groups is 2. The second-order valence-electron chi connectivity index (χ2n) is 6.90. The van der Waals surface area contributed by atoms with E-state index in [1.54, 1.807) is 18.2 Å². The van der Waals surface area contributed by atoms with Gasteiger partial charge in [0.05, 0.1) is 4.92 Å². The molecule has 0 spiro atoms. The van der Waals surface area contributed by atoms with Gasteiger partial charge in [-0.1, -0.05) is 38.1 Å². The maximum absolute atomic E-state index is 12.3. The molecule has 7 nitrogen and oxygen atoms in total. The van der Waals surface area contributed by atoms with Gasteiger partial charge in [0.2, 0.25) is 5.76 Å². The molecular formula is C23H21NO6. The van der Waals surface area contributed by atoms with Crippen LogP contribution in [0.15, 0.2) is 65.1 Å². The van der Waals surface area contributed by atoms with E-state index in [1.165, 1.54) is 30.3 Å². The van der Waals surface area contributed by atoms with Crippen LogP contribution in [0.4, 0.5) is 5.69 Å². The molecule has 30 heavy (non-hydrogen) atoms. The Balaban J connectivity index is 1.60. The van der Waals surface area contributed by atoms with Crippen molar-refractivity contribution in [1.82, 2.24) is 0 Å². The van der Waals surface area contributed by atoms with Crippen LogP contribution in [0, 0.1) is 10.1 Å². The molecule has 0 aliphatic rings. The molecule has 0 aliphatic heterocycles. The molecule has 0 bridgehead atoms. The maximum atomic E-state index is 12.3. The zero-order valence-electron chi connectivity index (χ0n) is 16.7. The van der Waals surface area contributed by atoms with Gasteiger partial charge in [0.15, 0.2) is 12.4 Å². The quantitative estimate of drug-likeness (QED) is 0.214. The highest BCUT2D eigenvalue weighted by atomic mass is 16.6. The molecule has 0 amide bonds. The van der Waals surface area contributed by atoms with E-state index in [2.05, 4.69) is 13.8 Å². The molecule has 1 aromatic heterocycles. The van der Waals surface area contributed by atoms with E-state index in [1.807, 2.05) is 12.1 Å². The van der Waals surface area contributed by atoms with Crippen molar-refractivity contribution in [2.45, 2.75) is 26.2 Å². The number of hydrogen-bond acceptors (Lipinski definition) is 6. The Morgan fingerprint density at radius 1 is 1.03 bits per heavy atom. The highest BCUT2D eigenvalue weighted by Crippen LogP contribution is 2.25. The van der Waals surface area contributed by atoms with Gasteiger partial charge in [0.25, 0.3) is 5.69 Å². The summed E-state index contributed by atoms with van der Waals surface area (Å²) in [4.78, 5) is 34.7. The number of ether oxygens (including phenoxy) is 1. The molecule has 7 heteroatoms. The molecule has 2 aromatic carbocycles. The number of Topliss-reactive ketones (excluding diaryl/α,β-unsaturated/α-hetero) is 1. The lowest BCUT2D eigenvalue weighted by atomic mass is 9.97. The third-order valence-corrected chi connectivity index (χ3v) is 4.92. The van der Waals surface area contributed by atoms with Gasteiger partial charge in [-0.15, -0.1) is 0 Å². The lowest BCUT2D eigenvalue weighted by molar-refractivity contribution is -0.384. The fraction of sp³-hybridized carbons (Fsp3) is 0.217. The van der Waals surface area contributed by atoms with Crippen LogP contribution in [0.3, 0.4) is 0 Å². The highest BCUT2D eigenvalue weighted by Gasteiger charge is 2.17. The van der Waals surface area contributed by atoms with E-state index < -0.39 is 17.5 Å². The smallest absolute Gasteiger partial charge is 0.374 e. The second kappa shape index (κ2) is 9.17. The summed E-state index contributed by atoms with van der Waals surface area (Å²) in [6.45, 7) is 3.83. The van der Waals surface area contributed by atoms with Crippen LogP contribution in [-0.2, 0) is 4.74 Å². The Labute approximate surface area is 173 Å². The van der Waals surface area contributed by atoms with Crippen molar-refractivity contribution in [3.8, 4) is 11.3 Å². The predicted octanol–water partition coefficient (Wildman–Crippen LogP) is 5.41. The van der Waals surface area contributed by atoms with Crippen molar-refractivity contribution in [2.24, 2.45) is 0 Å². The third-order valence-electron chi connectivity index (χ3n) is 4.92. The number of nitro benzene ring substituents is 1. The van der Waals surface area contributed by atoms with Gasteiger partial charge < -0.3 is 9.15 Å². The minimum absolute atomic E-state index is 0.0411. The van der Waals surface area contributed by atoms with Crippen molar-refractivity contribution in [1.29, 1.82) is 0 Å². The number of esters is 1. The molecule has 1 heterocycles. The second-order valence-corrected chi connectivity index (χ2v) is 6.90. The van der Waals surface area contributed by atoms with E-state index in [-0.39, 0.29) is 17.2 Å². The molecule has 0 N–H and O–H groups in total. The minimum atomic E-state index is -0.757. The molecule has 0 saturated carbocycles. The molecule has 3 aromatic rings. The number of benzene rings is 2. The fourth-order valence-electron chi connectivity index (χ4n) is 2.87. The van der Waals surface area contributed by atoms with Crippen molar-refractivity contribution in [3.05, 3.63) is 87.7 Å². The summed E-state index contributed by atoms with van der Waals surface area (Å²) >= 11 is 0. The Kier molecular flexibility index (Phi) is 6.41. The fourth-order valence-corrected chi connectivity index (χ4v) is 2.87. The summed E-state index contributed by atoms with van der Waals surface area (Å²) in [6, 6.07) is 16.0. The van der Waals surface area contributed by atoms with E-state index >= 15 is 0 Å². The lowest BCUT2D eigenvalue weighted by Crippen LogP contribution is -2.14. The number of carbonyl (C=O) groups excluding carboxylic acids is 2. The van der Waals surface area contributed by atoms with Gasteiger partial charge in [-0.2, -0.15) is 0 Å². The predicted molar refractivity (Wildman–Crippen MR) is 111 cm³/mol. The van der Waals surface area contributed by atoms with Crippen LogP contribution < -0.4 is 0 Å². The molecule has 0 aliphatic carbocycles. The first-order valence-corrected chi connectivity index (χ1v) is 9.54. The molecule has 0 radical (unpaired) electrons. The highest BCUT2D eigenvalue weighted by molar-refractivity contribution is 5.99.